The summed E-state index contributed by atoms with van der Waals surface area (Å²) < 4.78 is 0. The predicted molar refractivity (Wildman–Crippen MR) is 65.3 cm³/mol. The largest absolute Gasteiger partial charge is 0.478 e. The Morgan fingerprint density at radius 2 is 1.78 bits per heavy atom. The fourth-order valence-corrected chi connectivity index (χ4v) is 2.47. The Bertz CT molecular complexity index is 700. The van der Waals surface area contributed by atoms with E-state index in [1.165, 1.54) is 12.1 Å². The quantitative estimate of drug-likeness (QED) is 0.847. The summed E-state index contributed by atoms with van der Waals surface area (Å²) in [6, 6.07) is 6.57. The number of carbonyl (C=O) groups is 2. The number of hydrogen-bond donors (Lipinski definition) is 2. The molecule has 3 rings (SSSR count). The van der Waals surface area contributed by atoms with Crippen molar-refractivity contribution in [1.82, 2.24) is 0 Å². The molecular weight excluding hydrogens is 232 g/mol. The summed E-state index contributed by atoms with van der Waals surface area (Å²) in [6.45, 7) is 0. The molecule has 0 amide bonds. The van der Waals surface area contributed by atoms with Crippen LogP contribution in [0.1, 0.15) is 31.8 Å². The monoisotopic (exact) mass is 242 g/mol. The van der Waals surface area contributed by atoms with Crippen LogP contribution in [-0.4, -0.2) is 22.2 Å². The molecule has 0 aromatic heterocycles. The highest BCUT2D eigenvalue weighted by atomic mass is 16.4. The molecule has 0 atom stereocenters. The highest BCUT2D eigenvalue weighted by Crippen LogP contribution is 2.33. The fraction of sp³-hybridized carbons (Fsp3) is 0.143. The fourth-order valence-electron chi connectivity index (χ4n) is 2.47. The number of benzene rings is 2. The van der Waals surface area contributed by atoms with E-state index < -0.39 is 11.9 Å². The van der Waals surface area contributed by atoms with Gasteiger partial charge in [0, 0.05) is 0 Å². The molecule has 0 spiro atoms. The molecule has 0 saturated carbocycles. The number of hydrogen-bond acceptors (Lipinski definition) is 2. The summed E-state index contributed by atoms with van der Waals surface area (Å²) in [6.07, 6.45) is 1.65. The van der Waals surface area contributed by atoms with Gasteiger partial charge in [0.2, 0.25) is 0 Å². The Balaban J connectivity index is 2.39. The molecule has 1 aliphatic carbocycles. The van der Waals surface area contributed by atoms with E-state index in [4.69, 9.17) is 5.11 Å². The number of aryl methyl sites for hydroxylation is 1. The summed E-state index contributed by atoms with van der Waals surface area (Å²) in [5.41, 5.74) is 2.28. The van der Waals surface area contributed by atoms with Gasteiger partial charge in [0.25, 0.3) is 0 Å². The smallest absolute Gasteiger partial charge is 0.336 e. The second-order valence-electron chi connectivity index (χ2n) is 4.44. The zero-order valence-corrected chi connectivity index (χ0v) is 9.43. The molecule has 18 heavy (non-hydrogen) atoms. The first-order chi connectivity index (χ1) is 8.58. The van der Waals surface area contributed by atoms with Crippen molar-refractivity contribution >= 4 is 22.7 Å². The third-order valence-corrected chi connectivity index (χ3v) is 3.45. The number of fused-ring (bicyclic) bond motifs is 2. The van der Waals surface area contributed by atoms with Crippen LogP contribution >= 0.6 is 0 Å². The van der Waals surface area contributed by atoms with Gasteiger partial charge in [-0.05, 0) is 46.9 Å². The molecule has 2 N–H and O–H groups in total. The molecule has 2 aromatic rings. The van der Waals surface area contributed by atoms with Gasteiger partial charge >= 0.3 is 11.9 Å². The lowest BCUT2D eigenvalue weighted by Crippen LogP contribution is -2.16. The average Bonchev–Trinajstić information content (AvgIpc) is 2.30. The maximum Gasteiger partial charge on any atom is 0.336 e. The van der Waals surface area contributed by atoms with Crippen molar-refractivity contribution < 1.29 is 19.8 Å². The molecule has 0 bridgehead atoms. The molecule has 1 aliphatic rings. The van der Waals surface area contributed by atoms with Crippen LogP contribution in [0.25, 0.3) is 10.8 Å². The minimum atomic E-state index is -1.05. The molecule has 2 aromatic carbocycles. The van der Waals surface area contributed by atoms with E-state index in [2.05, 4.69) is 0 Å². The van der Waals surface area contributed by atoms with Crippen LogP contribution in [0, 0.1) is 0 Å². The highest BCUT2D eigenvalue weighted by Gasteiger charge is 2.24. The van der Waals surface area contributed by atoms with Crippen molar-refractivity contribution in [2.45, 2.75) is 12.8 Å². The second-order valence-corrected chi connectivity index (χ2v) is 4.44. The van der Waals surface area contributed by atoms with E-state index in [1.807, 2.05) is 6.07 Å². The van der Waals surface area contributed by atoms with Crippen molar-refractivity contribution in [1.29, 1.82) is 0 Å². The molecule has 4 heteroatoms. The van der Waals surface area contributed by atoms with Crippen LogP contribution in [-0.2, 0) is 12.8 Å². The van der Waals surface area contributed by atoms with Gasteiger partial charge in [-0.3, -0.25) is 0 Å². The van der Waals surface area contributed by atoms with Gasteiger partial charge < -0.3 is 10.2 Å². The standard InChI is InChI=1S/C14H10O4/c15-13(16)9-2-1-8-5-7-3-4-10(7)12(14(17)18)11(8)6-9/h1-2,5-6H,3-4H2,(H,15,16)(H,17,18). The predicted octanol–water partition coefficient (Wildman–Crippen LogP) is 2.33. The Morgan fingerprint density at radius 1 is 1.00 bits per heavy atom. The number of carboxylic acid groups (broad SMARTS) is 2. The molecule has 90 valence electrons. The van der Waals surface area contributed by atoms with Gasteiger partial charge in [0.15, 0.2) is 0 Å². The first-order valence-electron chi connectivity index (χ1n) is 5.63. The lowest BCUT2D eigenvalue weighted by Gasteiger charge is -2.22. The van der Waals surface area contributed by atoms with E-state index in [1.54, 1.807) is 6.07 Å². The van der Waals surface area contributed by atoms with E-state index in [9.17, 15) is 14.7 Å². The molecular formula is C14H10O4. The number of aromatic carboxylic acids is 2. The summed E-state index contributed by atoms with van der Waals surface area (Å²) in [5, 5.41) is 19.6. The van der Waals surface area contributed by atoms with E-state index in [-0.39, 0.29) is 11.1 Å². The van der Waals surface area contributed by atoms with Crippen LogP contribution in [0.4, 0.5) is 0 Å². The highest BCUT2D eigenvalue weighted by molar-refractivity contribution is 6.08. The van der Waals surface area contributed by atoms with Crippen molar-refractivity contribution in [2.75, 3.05) is 0 Å². The van der Waals surface area contributed by atoms with Crippen molar-refractivity contribution in [3.63, 3.8) is 0 Å². The Kier molecular flexibility index (Phi) is 2.13. The minimum absolute atomic E-state index is 0.115. The van der Waals surface area contributed by atoms with Crippen molar-refractivity contribution in [3.05, 3.63) is 46.5 Å². The maximum absolute atomic E-state index is 11.4. The molecule has 4 nitrogen and oxygen atoms in total. The minimum Gasteiger partial charge on any atom is -0.478 e. The topological polar surface area (TPSA) is 74.6 Å². The normalized spacial score (nSPS) is 12.9. The lowest BCUT2D eigenvalue weighted by atomic mass is 9.81. The zero-order valence-electron chi connectivity index (χ0n) is 9.43. The summed E-state index contributed by atoms with van der Waals surface area (Å²) in [7, 11) is 0. The number of carboxylic acids is 2. The second kappa shape index (κ2) is 3.57. The van der Waals surface area contributed by atoms with Gasteiger partial charge in [0.1, 0.15) is 0 Å². The first kappa shape index (κ1) is 10.8. The van der Waals surface area contributed by atoms with Crippen LogP contribution in [0.5, 0.6) is 0 Å². The average molecular weight is 242 g/mol. The molecule has 0 fully saturated rings. The Morgan fingerprint density at radius 3 is 2.33 bits per heavy atom. The summed E-state index contributed by atoms with van der Waals surface area (Å²) in [5.74, 6) is -2.03. The van der Waals surface area contributed by atoms with Gasteiger partial charge in [0.05, 0.1) is 11.1 Å². The van der Waals surface area contributed by atoms with Gasteiger partial charge in [-0.1, -0.05) is 12.1 Å². The zero-order chi connectivity index (χ0) is 12.9. The Hall–Kier alpha value is -2.36. The van der Waals surface area contributed by atoms with E-state index >= 15 is 0 Å². The Labute approximate surface area is 102 Å². The lowest BCUT2D eigenvalue weighted by molar-refractivity contribution is 0.0684. The first-order valence-corrected chi connectivity index (χ1v) is 5.63. The third kappa shape index (κ3) is 1.39. The molecule has 0 aliphatic heterocycles. The van der Waals surface area contributed by atoms with Gasteiger partial charge in [-0.2, -0.15) is 0 Å². The van der Waals surface area contributed by atoms with Crippen LogP contribution in [0.2, 0.25) is 0 Å². The van der Waals surface area contributed by atoms with E-state index in [0.29, 0.717) is 5.39 Å². The van der Waals surface area contributed by atoms with Gasteiger partial charge in [-0.15, -0.1) is 0 Å². The summed E-state index contributed by atoms with van der Waals surface area (Å²) in [4.78, 5) is 22.3. The summed E-state index contributed by atoms with van der Waals surface area (Å²) >= 11 is 0. The molecule has 0 saturated heterocycles. The molecule has 0 unspecified atom stereocenters. The van der Waals surface area contributed by atoms with Crippen molar-refractivity contribution in [2.24, 2.45) is 0 Å². The SMILES string of the molecule is O=C(O)c1ccc2cc3c(c(C(=O)O)c2c1)CC3. The molecule has 0 heterocycles. The maximum atomic E-state index is 11.4. The van der Waals surface area contributed by atoms with E-state index in [0.717, 1.165) is 29.4 Å². The molecule has 0 radical (unpaired) electrons. The van der Waals surface area contributed by atoms with Crippen LogP contribution in [0.15, 0.2) is 24.3 Å². The third-order valence-electron chi connectivity index (χ3n) is 3.45. The number of rotatable bonds is 2. The van der Waals surface area contributed by atoms with Crippen molar-refractivity contribution in [3.8, 4) is 0 Å². The van der Waals surface area contributed by atoms with Gasteiger partial charge in [-0.25, -0.2) is 9.59 Å². The van der Waals surface area contributed by atoms with Crippen LogP contribution in [0.3, 0.4) is 0 Å². The van der Waals surface area contributed by atoms with Crippen LogP contribution < -0.4 is 0 Å².